The Morgan fingerprint density at radius 1 is 1.58 bits per heavy atom. The second-order valence-corrected chi connectivity index (χ2v) is 4.48. The normalized spacial score (nSPS) is 32.2. The van der Waals surface area contributed by atoms with Gasteiger partial charge in [0.25, 0.3) is 0 Å². The maximum Gasteiger partial charge on any atom is 0.213 e. The lowest BCUT2D eigenvalue weighted by Gasteiger charge is -2.37. The van der Waals surface area contributed by atoms with E-state index in [2.05, 4.69) is 23.8 Å². The van der Waals surface area contributed by atoms with Crippen LogP contribution < -0.4 is 11.6 Å². The van der Waals surface area contributed by atoms with Gasteiger partial charge in [0, 0.05) is 23.6 Å². The molecule has 1 fully saturated rings. The number of nitrogens with two attached hydrogens (primary N) is 2. The zero-order chi connectivity index (χ0) is 9.14. The number of rotatable bonds is 0. The number of thioether (sulfide) groups is 1. The SMILES string of the molecule is CC1SCCN(/C(N)=N/N)C1C. The molecule has 0 bridgehead atoms. The Balaban J connectivity index is 2.64. The van der Waals surface area contributed by atoms with Crippen LogP contribution in [0.4, 0.5) is 0 Å². The molecule has 0 aromatic carbocycles. The average molecular weight is 188 g/mol. The molecule has 12 heavy (non-hydrogen) atoms. The number of guanidine groups is 1. The Hall–Kier alpha value is -0.580. The molecular weight excluding hydrogens is 172 g/mol. The van der Waals surface area contributed by atoms with Gasteiger partial charge in [0.2, 0.25) is 5.96 Å². The summed E-state index contributed by atoms with van der Waals surface area (Å²) in [5.74, 6) is 6.68. The van der Waals surface area contributed by atoms with E-state index in [9.17, 15) is 0 Å². The molecule has 0 radical (unpaired) electrons. The number of hydrogen-bond acceptors (Lipinski definition) is 3. The van der Waals surface area contributed by atoms with E-state index in [1.807, 2.05) is 11.8 Å². The lowest BCUT2D eigenvalue weighted by Crippen LogP contribution is -2.51. The summed E-state index contributed by atoms with van der Waals surface area (Å²) < 4.78 is 0. The molecule has 1 aliphatic heterocycles. The fourth-order valence-corrected chi connectivity index (χ4v) is 2.43. The van der Waals surface area contributed by atoms with Crippen molar-refractivity contribution >= 4 is 17.7 Å². The summed E-state index contributed by atoms with van der Waals surface area (Å²) in [5, 5.41) is 4.10. The second-order valence-electron chi connectivity index (χ2n) is 3.00. The van der Waals surface area contributed by atoms with E-state index in [1.165, 1.54) is 0 Å². The summed E-state index contributed by atoms with van der Waals surface area (Å²) in [5.41, 5.74) is 5.64. The third-order valence-corrected chi connectivity index (χ3v) is 3.65. The van der Waals surface area contributed by atoms with Crippen molar-refractivity contribution in [3.05, 3.63) is 0 Å². The summed E-state index contributed by atoms with van der Waals surface area (Å²) >= 11 is 1.96. The van der Waals surface area contributed by atoms with Crippen molar-refractivity contribution in [3.8, 4) is 0 Å². The van der Waals surface area contributed by atoms with Crippen molar-refractivity contribution in [2.24, 2.45) is 16.7 Å². The topological polar surface area (TPSA) is 67.6 Å². The minimum atomic E-state index is 0.427. The van der Waals surface area contributed by atoms with Crippen LogP contribution in [0.5, 0.6) is 0 Å². The van der Waals surface area contributed by atoms with Gasteiger partial charge in [-0.25, -0.2) is 0 Å². The molecule has 0 aromatic heterocycles. The minimum Gasteiger partial charge on any atom is -0.368 e. The largest absolute Gasteiger partial charge is 0.368 e. The average Bonchev–Trinajstić information content (AvgIpc) is 2.08. The predicted molar refractivity (Wildman–Crippen MR) is 53.9 cm³/mol. The highest BCUT2D eigenvalue weighted by molar-refractivity contribution is 8.00. The quantitative estimate of drug-likeness (QED) is 0.243. The first kappa shape index (κ1) is 9.51. The Bertz CT molecular complexity index is 182. The molecule has 0 aromatic rings. The van der Waals surface area contributed by atoms with Crippen LogP contribution in [-0.4, -0.2) is 34.4 Å². The van der Waals surface area contributed by atoms with E-state index in [0.29, 0.717) is 17.3 Å². The summed E-state index contributed by atoms with van der Waals surface area (Å²) in [6.07, 6.45) is 0. The molecule has 2 atom stereocenters. The van der Waals surface area contributed by atoms with E-state index < -0.39 is 0 Å². The molecule has 1 aliphatic rings. The Morgan fingerprint density at radius 2 is 2.25 bits per heavy atom. The van der Waals surface area contributed by atoms with Crippen LogP contribution >= 0.6 is 11.8 Å². The second kappa shape index (κ2) is 3.89. The van der Waals surface area contributed by atoms with Gasteiger partial charge in [-0.05, 0) is 6.92 Å². The van der Waals surface area contributed by atoms with Gasteiger partial charge in [-0.15, -0.1) is 5.10 Å². The monoisotopic (exact) mass is 188 g/mol. The van der Waals surface area contributed by atoms with Crippen LogP contribution in [0.3, 0.4) is 0 Å². The highest BCUT2D eigenvalue weighted by atomic mass is 32.2. The van der Waals surface area contributed by atoms with Gasteiger partial charge in [-0.3, -0.25) is 0 Å². The van der Waals surface area contributed by atoms with Gasteiger partial charge in [-0.1, -0.05) is 6.92 Å². The van der Waals surface area contributed by atoms with E-state index in [0.717, 1.165) is 12.3 Å². The van der Waals surface area contributed by atoms with Crippen LogP contribution in [0, 0.1) is 0 Å². The first-order valence-corrected chi connectivity index (χ1v) is 5.13. The lowest BCUT2D eigenvalue weighted by atomic mass is 10.2. The van der Waals surface area contributed by atoms with E-state index >= 15 is 0 Å². The maximum absolute atomic E-state index is 5.64. The van der Waals surface area contributed by atoms with Gasteiger partial charge in [0.15, 0.2) is 0 Å². The zero-order valence-corrected chi connectivity index (χ0v) is 8.34. The molecule has 1 heterocycles. The molecule has 2 unspecified atom stereocenters. The van der Waals surface area contributed by atoms with Gasteiger partial charge in [0.1, 0.15) is 0 Å². The first-order valence-electron chi connectivity index (χ1n) is 4.08. The summed E-state index contributed by atoms with van der Waals surface area (Å²) in [6.45, 7) is 5.29. The number of hydrazone groups is 1. The minimum absolute atomic E-state index is 0.427. The molecule has 0 saturated carbocycles. The summed E-state index contributed by atoms with van der Waals surface area (Å²) in [6, 6.07) is 0.427. The maximum atomic E-state index is 5.64. The standard InChI is InChI=1S/C7H16N4S/c1-5-6(2)12-4-3-11(5)7(8)10-9/h5-6H,3-4,9H2,1-2H3,(H2,8,10). The van der Waals surface area contributed by atoms with E-state index in [4.69, 9.17) is 11.6 Å². The van der Waals surface area contributed by atoms with Crippen molar-refractivity contribution in [2.75, 3.05) is 12.3 Å². The van der Waals surface area contributed by atoms with Crippen LogP contribution in [-0.2, 0) is 0 Å². The Morgan fingerprint density at radius 3 is 2.83 bits per heavy atom. The highest BCUT2D eigenvalue weighted by Crippen LogP contribution is 2.23. The van der Waals surface area contributed by atoms with Crippen LogP contribution in [0.15, 0.2) is 5.10 Å². The van der Waals surface area contributed by atoms with Crippen molar-refractivity contribution in [3.63, 3.8) is 0 Å². The van der Waals surface area contributed by atoms with Crippen LogP contribution in [0.1, 0.15) is 13.8 Å². The number of nitrogens with zero attached hydrogens (tertiary/aromatic N) is 2. The van der Waals surface area contributed by atoms with Gasteiger partial charge >= 0.3 is 0 Å². The van der Waals surface area contributed by atoms with Crippen molar-refractivity contribution in [1.29, 1.82) is 0 Å². The van der Waals surface area contributed by atoms with Crippen molar-refractivity contribution in [2.45, 2.75) is 25.1 Å². The molecule has 4 N–H and O–H groups in total. The Kier molecular flexibility index (Phi) is 3.08. The zero-order valence-electron chi connectivity index (χ0n) is 7.53. The molecule has 0 amide bonds. The fraction of sp³-hybridized carbons (Fsp3) is 0.857. The molecule has 0 aliphatic carbocycles. The van der Waals surface area contributed by atoms with Crippen molar-refractivity contribution in [1.82, 2.24) is 4.90 Å². The molecule has 70 valence electrons. The van der Waals surface area contributed by atoms with Crippen molar-refractivity contribution < 1.29 is 0 Å². The molecule has 1 saturated heterocycles. The molecular formula is C7H16N4S. The van der Waals surface area contributed by atoms with Crippen LogP contribution in [0.25, 0.3) is 0 Å². The third kappa shape index (κ3) is 1.77. The smallest absolute Gasteiger partial charge is 0.213 e. The molecule has 0 spiro atoms. The number of hydrogen-bond donors (Lipinski definition) is 2. The molecule has 4 nitrogen and oxygen atoms in total. The summed E-state index contributed by atoms with van der Waals surface area (Å²) in [7, 11) is 0. The fourth-order valence-electron chi connectivity index (χ4n) is 1.33. The lowest BCUT2D eigenvalue weighted by molar-refractivity contribution is 0.330. The molecule has 5 heteroatoms. The van der Waals surface area contributed by atoms with E-state index in [-0.39, 0.29) is 0 Å². The van der Waals surface area contributed by atoms with Gasteiger partial charge in [0.05, 0.1) is 0 Å². The van der Waals surface area contributed by atoms with E-state index in [1.54, 1.807) is 0 Å². The molecule has 1 rings (SSSR count). The van der Waals surface area contributed by atoms with Gasteiger partial charge < -0.3 is 16.5 Å². The highest BCUT2D eigenvalue weighted by Gasteiger charge is 2.26. The van der Waals surface area contributed by atoms with Gasteiger partial charge in [-0.2, -0.15) is 11.8 Å². The van der Waals surface area contributed by atoms with Crippen LogP contribution in [0.2, 0.25) is 0 Å². The predicted octanol–water partition coefficient (Wildman–Crippen LogP) is 0.000600. The Labute approximate surface area is 77.4 Å². The summed E-state index contributed by atoms with van der Waals surface area (Å²) in [4.78, 5) is 2.06. The first-order chi connectivity index (χ1) is 5.66. The third-order valence-electron chi connectivity index (χ3n) is 2.31.